The van der Waals surface area contributed by atoms with Crippen molar-refractivity contribution >= 4 is 17.7 Å². The maximum atomic E-state index is 13.3. The fraction of sp³-hybridized carbons (Fsp3) is 0.462. The van der Waals surface area contributed by atoms with Crippen LogP contribution in [0, 0.1) is 5.82 Å². The second-order valence-corrected chi connectivity index (χ2v) is 5.68. The summed E-state index contributed by atoms with van der Waals surface area (Å²) < 4.78 is 13.3. The molecule has 0 bridgehead atoms. The number of aliphatic hydroxyl groups is 1. The molecule has 1 heterocycles. The van der Waals surface area contributed by atoms with E-state index in [0.717, 1.165) is 5.75 Å². The van der Waals surface area contributed by atoms with Gasteiger partial charge in [0.25, 0.3) is 0 Å². The molecule has 0 aromatic heterocycles. The van der Waals surface area contributed by atoms with Crippen molar-refractivity contribution in [2.24, 2.45) is 0 Å². The molecule has 1 saturated heterocycles. The lowest BCUT2D eigenvalue weighted by molar-refractivity contribution is -0.121. The van der Waals surface area contributed by atoms with Gasteiger partial charge in [0, 0.05) is 12.3 Å². The summed E-state index contributed by atoms with van der Waals surface area (Å²) in [7, 11) is 0. The number of benzene rings is 1. The summed E-state index contributed by atoms with van der Waals surface area (Å²) in [5.74, 6) is 0.931. The fourth-order valence-corrected chi connectivity index (χ4v) is 3.17. The van der Waals surface area contributed by atoms with Crippen molar-refractivity contribution in [3.8, 4) is 0 Å². The summed E-state index contributed by atoms with van der Waals surface area (Å²) in [5, 5.41) is 12.7. The molecule has 1 aromatic carbocycles. The van der Waals surface area contributed by atoms with Gasteiger partial charge < -0.3 is 10.4 Å². The highest BCUT2D eigenvalue weighted by atomic mass is 32.2. The van der Waals surface area contributed by atoms with E-state index in [1.165, 1.54) is 6.07 Å². The number of halogens is 1. The molecule has 0 aliphatic carbocycles. The van der Waals surface area contributed by atoms with Crippen LogP contribution in [0.1, 0.15) is 12.0 Å². The topological polar surface area (TPSA) is 49.3 Å². The third kappa shape index (κ3) is 3.46. The lowest BCUT2D eigenvalue weighted by Gasteiger charge is -2.21. The van der Waals surface area contributed by atoms with Gasteiger partial charge in [-0.25, -0.2) is 4.39 Å². The Labute approximate surface area is 110 Å². The highest BCUT2D eigenvalue weighted by Crippen LogP contribution is 2.26. The number of nitrogens with one attached hydrogen (secondary N) is 1. The smallest absolute Gasteiger partial charge is 0.224 e. The minimum atomic E-state index is -0.796. The van der Waals surface area contributed by atoms with Crippen LogP contribution in [0.4, 0.5) is 4.39 Å². The highest BCUT2D eigenvalue weighted by molar-refractivity contribution is 7.99. The first-order chi connectivity index (χ1) is 8.59. The number of amides is 1. The molecule has 3 nitrogen and oxygen atoms in total. The van der Waals surface area contributed by atoms with Crippen molar-refractivity contribution in [3.05, 3.63) is 35.6 Å². The van der Waals surface area contributed by atoms with Crippen molar-refractivity contribution in [2.75, 3.05) is 18.1 Å². The number of hydrogen-bond acceptors (Lipinski definition) is 3. The first-order valence-corrected chi connectivity index (χ1v) is 7.05. The van der Waals surface area contributed by atoms with Crippen LogP contribution in [-0.4, -0.2) is 34.7 Å². The van der Waals surface area contributed by atoms with Gasteiger partial charge in [-0.3, -0.25) is 4.79 Å². The SMILES string of the molecule is O=C(Cc1ccccc1F)NCC1(O)CCSC1. The Morgan fingerprint density at radius 2 is 2.28 bits per heavy atom. The Morgan fingerprint density at radius 1 is 1.50 bits per heavy atom. The third-order valence-corrected chi connectivity index (χ3v) is 4.24. The van der Waals surface area contributed by atoms with Crippen molar-refractivity contribution in [3.63, 3.8) is 0 Å². The Bertz CT molecular complexity index is 433. The number of thioether (sulfide) groups is 1. The van der Waals surface area contributed by atoms with E-state index >= 15 is 0 Å². The van der Waals surface area contributed by atoms with Gasteiger partial charge in [0.15, 0.2) is 0 Å². The molecule has 1 atom stereocenters. The monoisotopic (exact) mass is 269 g/mol. The molecule has 0 spiro atoms. The number of rotatable bonds is 4. The molecule has 2 N–H and O–H groups in total. The molecule has 1 aliphatic rings. The van der Waals surface area contributed by atoms with Crippen LogP contribution in [0.3, 0.4) is 0 Å². The largest absolute Gasteiger partial charge is 0.387 e. The minimum absolute atomic E-state index is 0.00982. The Balaban J connectivity index is 1.84. The molecule has 2 rings (SSSR count). The van der Waals surface area contributed by atoms with Gasteiger partial charge in [-0.15, -0.1) is 0 Å². The number of hydrogen-bond donors (Lipinski definition) is 2. The number of carbonyl (C=O) groups is 1. The molecular formula is C13H16FNO2S. The van der Waals surface area contributed by atoms with E-state index in [1.54, 1.807) is 30.0 Å². The minimum Gasteiger partial charge on any atom is -0.387 e. The van der Waals surface area contributed by atoms with Gasteiger partial charge in [0.05, 0.1) is 12.0 Å². The summed E-state index contributed by atoms with van der Waals surface area (Å²) in [6.07, 6.45) is 0.702. The van der Waals surface area contributed by atoms with Crippen LogP contribution in [0.5, 0.6) is 0 Å². The van der Waals surface area contributed by atoms with Crippen molar-refractivity contribution in [1.29, 1.82) is 0 Å². The zero-order valence-corrected chi connectivity index (χ0v) is 10.8. The van der Waals surface area contributed by atoms with E-state index in [2.05, 4.69) is 5.32 Å². The molecule has 0 saturated carbocycles. The quantitative estimate of drug-likeness (QED) is 0.867. The zero-order chi connectivity index (χ0) is 13.0. The van der Waals surface area contributed by atoms with Crippen LogP contribution < -0.4 is 5.32 Å². The van der Waals surface area contributed by atoms with Gasteiger partial charge in [0.2, 0.25) is 5.91 Å². The summed E-state index contributed by atoms with van der Waals surface area (Å²) in [5.41, 5.74) is -0.418. The Kier molecular flexibility index (Phi) is 4.24. The summed E-state index contributed by atoms with van der Waals surface area (Å²) in [4.78, 5) is 11.7. The average molecular weight is 269 g/mol. The molecule has 98 valence electrons. The molecule has 1 aromatic rings. The molecular weight excluding hydrogens is 253 g/mol. The van der Waals surface area contributed by atoms with Crippen molar-refractivity contribution < 1.29 is 14.3 Å². The predicted octanol–water partition coefficient (Wildman–Crippen LogP) is 1.35. The normalized spacial score (nSPS) is 23.0. The number of carbonyl (C=O) groups excluding carboxylic acids is 1. The van der Waals surface area contributed by atoms with Crippen molar-refractivity contribution in [1.82, 2.24) is 5.32 Å². The maximum absolute atomic E-state index is 13.3. The van der Waals surface area contributed by atoms with E-state index in [4.69, 9.17) is 0 Å². The van der Waals surface area contributed by atoms with Gasteiger partial charge >= 0.3 is 0 Å². The van der Waals surface area contributed by atoms with E-state index in [-0.39, 0.29) is 24.7 Å². The average Bonchev–Trinajstić information content (AvgIpc) is 2.77. The second kappa shape index (κ2) is 5.71. The van der Waals surface area contributed by atoms with Crippen LogP contribution in [0.25, 0.3) is 0 Å². The van der Waals surface area contributed by atoms with Crippen LogP contribution in [-0.2, 0) is 11.2 Å². The van der Waals surface area contributed by atoms with Crippen molar-refractivity contribution in [2.45, 2.75) is 18.4 Å². The van der Waals surface area contributed by atoms with Crippen LogP contribution in [0.15, 0.2) is 24.3 Å². The molecule has 1 unspecified atom stereocenters. The maximum Gasteiger partial charge on any atom is 0.224 e. The summed E-state index contributed by atoms with van der Waals surface area (Å²) in [6.45, 7) is 0.243. The van der Waals surface area contributed by atoms with E-state index < -0.39 is 5.60 Å². The van der Waals surface area contributed by atoms with E-state index in [1.807, 2.05) is 0 Å². The highest BCUT2D eigenvalue weighted by Gasteiger charge is 2.31. The molecule has 5 heteroatoms. The lowest BCUT2D eigenvalue weighted by Crippen LogP contribution is -2.43. The van der Waals surface area contributed by atoms with Crippen LogP contribution in [0.2, 0.25) is 0 Å². The van der Waals surface area contributed by atoms with Gasteiger partial charge in [-0.1, -0.05) is 18.2 Å². The third-order valence-electron chi connectivity index (χ3n) is 3.01. The zero-order valence-electron chi connectivity index (χ0n) is 9.99. The first kappa shape index (κ1) is 13.4. The van der Waals surface area contributed by atoms with Gasteiger partial charge in [-0.05, 0) is 23.8 Å². The molecule has 0 radical (unpaired) electrons. The first-order valence-electron chi connectivity index (χ1n) is 5.89. The molecule has 1 aliphatic heterocycles. The second-order valence-electron chi connectivity index (χ2n) is 4.57. The summed E-state index contributed by atoms with van der Waals surface area (Å²) >= 11 is 1.68. The van der Waals surface area contributed by atoms with E-state index in [9.17, 15) is 14.3 Å². The Hall–Kier alpha value is -1.07. The van der Waals surface area contributed by atoms with E-state index in [0.29, 0.717) is 17.7 Å². The standard InChI is InChI=1S/C13H16FNO2S/c14-11-4-2-1-3-10(11)7-12(16)15-8-13(17)5-6-18-9-13/h1-4,17H,5-9H2,(H,15,16). The lowest BCUT2D eigenvalue weighted by atomic mass is 10.0. The Morgan fingerprint density at radius 3 is 2.94 bits per heavy atom. The fourth-order valence-electron chi connectivity index (χ4n) is 1.88. The predicted molar refractivity (Wildman–Crippen MR) is 70.0 cm³/mol. The van der Waals surface area contributed by atoms with Gasteiger partial charge in [0.1, 0.15) is 5.82 Å². The van der Waals surface area contributed by atoms with Crippen LogP contribution >= 0.6 is 11.8 Å². The van der Waals surface area contributed by atoms with Gasteiger partial charge in [-0.2, -0.15) is 11.8 Å². The molecule has 1 fully saturated rings. The molecule has 18 heavy (non-hydrogen) atoms. The molecule has 1 amide bonds. The summed E-state index contributed by atoms with van der Waals surface area (Å²) in [6, 6.07) is 6.22.